The molecule has 17 heteroatoms. The summed E-state index contributed by atoms with van der Waals surface area (Å²) in [5.41, 5.74) is 2.42. The number of aromatic nitrogens is 3. The number of rotatable bonds is 27. The Kier molecular flexibility index (Phi) is 16.8. The van der Waals surface area contributed by atoms with Gasteiger partial charge in [0, 0.05) is 6.61 Å². The van der Waals surface area contributed by atoms with Gasteiger partial charge in [0.2, 0.25) is 5.60 Å². The van der Waals surface area contributed by atoms with Crippen molar-refractivity contribution in [3.8, 4) is 12.1 Å². The first kappa shape index (κ1) is 45.3. The van der Waals surface area contributed by atoms with Crippen molar-refractivity contribution in [2.24, 2.45) is 0 Å². The number of nitriles is 2. The highest BCUT2D eigenvalue weighted by atomic mass is 31.2. The Bertz CT molecular complexity index is 1950. The molecule has 3 heterocycles. The number of nitrogens with zero attached hydrogens (tertiary/aromatic N) is 5. The number of nitrogen functional groups attached to an aromatic ring is 1. The molecular formula is C41H56FN6O9P. The molecule has 0 radical (unpaired) electrons. The number of benzene rings is 1. The highest BCUT2D eigenvalue weighted by molar-refractivity contribution is 7.47. The average Bonchev–Trinajstić information content (AvgIpc) is 3.44. The second kappa shape index (κ2) is 21.5. The molecule has 1 aliphatic heterocycles. The molecule has 1 saturated carbocycles. The lowest BCUT2D eigenvalue weighted by atomic mass is 9.90. The van der Waals surface area contributed by atoms with Crippen LogP contribution in [0.1, 0.15) is 114 Å². The van der Waals surface area contributed by atoms with Crippen molar-refractivity contribution >= 4 is 19.2 Å². The number of fused-ring (bicyclic) bond motifs is 2. The lowest BCUT2D eigenvalue weighted by molar-refractivity contribution is -0.107. The molecule has 0 amide bonds. The highest BCUT2D eigenvalue weighted by Crippen LogP contribution is 2.63. The number of anilines is 1. The number of ether oxygens (including phenoxy) is 3. The van der Waals surface area contributed by atoms with Crippen LogP contribution in [0.15, 0.2) is 48.8 Å². The maximum atomic E-state index is 14.1. The Balaban J connectivity index is 1.06. The zero-order valence-corrected chi connectivity index (χ0v) is 34.0. The van der Waals surface area contributed by atoms with Crippen molar-refractivity contribution in [1.82, 2.24) is 14.6 Å². The molecule has 5 rings (SSSR count). The first-order valence-electron chi connectivity index (χ1n) is 20.3. The molecule has 5 N–H and O–H groups in total. The largest absolute Gasteiger partial charge is 0.472 e. The third-order valence-corrected chi connectivity index (χ3v) is 11.6. The highest BCUT2D eigenvalue weighted by Gasteiger charge is 2.83. The number of hydrogen-bond acceptors (Lipinski definition) is 13. The molecule has 316 valence electrons. The maximum Gasteiger partial charge on any atom is 0.472 e. The number of phosphoric ester groups is 1. The fraction of sp³-hybridized carbons (Fsp3) is 0.610. The van der Waals surface area contributed by atoms with Gasteiger partial charge in [-0.25, -0.2) is 18.5 Å². The fourth-order valence-corrected chi connectivity index (χ4v) is 8.26. The van der Waals surface area contributed by atoms with E-state index in [2.05, 4.69) is 29.2 Å². The van der Waals surface area contributed by atoms with Gasteiger partial charge in [0.05, 0.1) is 37.1 Å². The number of nitrogens with two attached hydrogens (primary N) is 1. The van der Waals surface area contributed by atoms with Crippen LogP contribution in [0.5, 0.6) is 0 Å². The Hall–Kier alpha value is -3.80. The minimum atomic E-state index is -4.93. The Labute approximate surface area is 339 Å². The van der Waals surface area contributed by atoms with Gasteiger partial charge in [0.15, 0.2) is 11.4 Å². The zero-order valence-electron chi connectivity index (χ0n) is 33.1. The molecule has 2 aromatic heterocycles. The summed E-state index contributed by atoms with van der Waals surface area (Å²) in [6.45, 7) is 1.96. The van der Waals surface area contributed by atoms with Gasteiger partial charge in [0.1, 0.15) is 48.1 Å². The van der Waals surface area contributed by atoms with Crippen molar-refractivity contribution in [2.75, 3.05) is 25.6 Å². The summed E-state index contributed by atoms with van der Waals surface area (Å²) >= 11 is 0. The molecule has 15 nitrogen and oxygen atoms in total. The van der Waals surface area contributed by atoms with E-state index in [1.54, 1.807) is 0 Å². The normalized spacial score (nSPS) is 24.1. The monoisotopic (exact) mass is 826 g/mol. The van der Waals surface area contributed by atoms with Gasteiger partial charge in [-0.3, -0.25) is 9.05 Å². The summed E-state index contributed by atoms with van der Waals surface area (Å²) in [6.07, 6.45) is 16.6. The Morgan fingerprint density at radius 2 is 1.72 bits per heavy atom. The standard InChI is InChI=1S/C41H56FN6O9P/c1-2-3-4-5-6-7-8-9-10-11-12-13-14-15-16-17-20-53-26-33(54-25-31-21-30(24-43)22-32(42)23-31)27-55-58(51,52)57-37-36-41(37,50)39(49)40(28-44,56-36)35-19-18-34-38(45)46-29-47-48(34)35/h9-10,18-19,21-23,29,33,36-37,39,49-50H,2-8,11-17,20,25-27H2,1H3,(H,51,52)(H2,45,46,47)/b10-9-/t33-,36-,37?,39+,40+,41+/m1/s1. The number of unbranched alkanes of at least 4 members (excludes halogenated alkanes) is 12. The zero-order chi connectivity index (χ0) is 41.6. The minimum absolute atomic E-state index is 0.0344. The predicted octanol–water partition coefficient (Wildman–Crippen LogP) is 6.69. The van der Waals surface area contributed by atoms with E-state index in [4.69, 9.17) is 29.0 Å². The van der Waals surface area contributed by atoms with Gasteiger partial charge in [-0.15, -0.1) is 0 Å². The Morgan fingerprint density at radius 1 is 1.03 bits per heavy atom. The number of aliphatic hydroxyl groups excluding tert-OH is 1. The summed E-state index contributed by atoms with van der Waals surface area (Å²) in [5.74, 6) is -0.505. The molecule has 1 saturated heterocycles. The minimum Gasteiger partial charge on any atom is -0.385 e. The second-order valence-electron chi connectivity index (χ2n) is 15.0. The van der Waals surface area contributed by atoms with Crippen LogP contribution in [0.2, 0.25) is 0 Å². The first-order valence-corrected chi connectivity index (χ1v) is 21.8. The summed E-state index contributed by atoms with van der Waals surface area (Å²) in [6, 6.07) is 10.5. The van der Waals surface area contributed by atoms with Crippen LogP contribution >= 0.6 is 7.82 Å². The summed E-state index contributed by atoms with van der Waals surface area (Å²) in [7, 11) is -4.93. The van der Waals surface area contributed by atoms with Crippen LogP contribution in [0.4, 0.5) is 10.2 Å². The predicted molar refractivity (Wildman–Crippen MR) is 211 cm³/mol. The second-order valence-corrected chi connectivity index (χ2v) is 16.4. The lowest BCUT2D eigenvalue weighted by Gasteiger charge is -2.29. The van der Waals surface area contributed by atoms with E-state index in [1.807, 2.05) is 12.1 Å². The van der Waals surface area contributed by atoms with Gasteiger partial charge in [-0.2, -0.15) is 15.6 Å². The number of phosphoric acid groups is 1. The number of hydrogen-bond donors (Lipinski definition) is 4. The van der Waals surface area contributed by atoms with Crippen LogP contribution in [0, 0.1) is 28.5 Å². The number of halogens is 1. The summed E-state index contributed by atoms with van der Waals surface area (Å²) < 4.78 is 56.5. The van der Waals surface area contributed by atoms with Crippen molar-refractivity contribution in [3.05, 3.63) is 71.4 Å². The van der Waals surface area contributed by atoms with Gasteiger partial charge in [-0.05, 0) is 68.0 Å². The molecule has 58 heavy (non-hydrogen) atoms. The van der Waals surface area contributed by atoms with E-state index in [9.17, 15) is 34.6 Å². The fourth-order valence-electron chi connectivity index (χ4n) is 7.28. The van der Waals surface area contributed by atoms with Crippen molar-refractivity contribution in [2.45, 2.75) is 139 Å². The summed E-state index contributed by atoms with van der Waals surface area (Å²) in [4.78, 5) is 14.6. The van der Waals surface area contributed by atoms with Gasteiger partial charge >= 0.3 is 7.82 Å². The van der Waals surface area contributed by atoms with E-state index in [1.165, 1.54) is 86.6 Å². The SMILES string of the molecule is CCCCCCCC/C=C\CCCCCCCCOC[C@H](COP(=O)(O)OC1[C@H]2O[C@@](C#N)(c3ccc4c(N)ncnn34)[C@H](O)[C@@]12O)OCc1cc(F)cc(C#N)c1. The van der Waals surface area contributed by atoms with Gasteiger partial charge in [-0.1, -0.05) is 76.9 Å². The molecule has 1 aromatic carbocycles. The number of aliphatic hydroxyl groups is 2. The summed E-state index contributed by atoms with van der Waals surface area (Å²) in [5, 5.41) is 46.0. The van der Waals surface area contributed by atoms with Crippen LogP contribution in [-0.4, -0.2) is 79.5 Å². The average molecular weight is 827 g/mol. The van der Waals surface area contributed by atoms with E-state index < -0.39 is 55.9 Å². The third kappa shape index (κ3) is 11.5. The van der Waals surface area contributed by atoms with Crippen LogP contribution in [0.25, 0.3) is 5.52 Å². The molecule has 2 unspecified atom stereocenters. The molecule has 0 spiro atoms. The Morgan fingerprint density at radius 3 is 2.38 bits per heavy atom. The smallest absolute Gasteiger partial charge is 0.385 e. The maximum absolute atomic E-state index is 14.1. The third-order valence-electron chi connectivity index (χ3n) is 10.6. The van der Waals surface area contributed by atoms with E-state index in [-0.39, 0.29) is 30.3 Å². The quantitative estimate of drug-likeness (QED) is 0.0357. The van der Waals surface area contributed by atoms with Crippen molar-refractivity contribution in [3.63, 3.8) is 0 Å². The first-order chi connectivity index (χ1) is 28.0. The molecule has 0 bridgehead atoms. The van der Waals surface area contributed by atoms with Crippen LogP contribution < -0.4 is 5.73 Å². The molecule has 3 aromatic rings. The molecular weight excluding hydrogens is 770 g/mol. The van der Waals surface area contributed by atoms with Crippen molar-refractivity contribution < 1.29 is 47.3 Å². The molecule has 2 aliphatic rings. The molecule has 1 aliphatic carbocycles. The molecule has 7 atom stereocenters. The van der Waals surface area contributed by atoms with E-state index >= 15 is 0 Å². The van der Waals surface area contributed by atoms with Crippen LogP contribution in [0.3, 0.4) is 0 Å². The van der Waals surface area contributed by atoms with Gasteiger partial charge < -0.3 is 35.1 Å². The number of allylic oxidation sites excluding steroid dienone is 2. The van der Waals surface area contributed by atoms with Gasteiger partial charge in [0.25, 0.3) is 0 Å². The van der Waals surface area contributed by atoms with Crippen LogP contribution in [-0.2, 0) is 40.0 Å². The van der Waals surface area contributed by atoms with Crippen molar-refractivity contribution in [1.29, 1.82) is 10.5 Å². The van der Waals surface area contributed by atoms with E-state index in [0.717, 1.165) is 44.5 Å². The molecule has 2 fully saturated rings. The lowest BCUT2D eigenvalue weighted by Crippen LogP contribution is -2.47. The van der Waals surface area contributed by atoms with E-state index in [0.29, 0.717) is 17.7 Å². The topological polar surface area (TPSA) is 228 Å².